The molecule has 0 radical (unpaired) electrons. The number of benzene rings is 2. The number of rotatable bonds is 11. The highest BCUT2D eigenvalue weighted by Gasteiger charge is 2.42. The number of fused-ring (bicyclic) bond motifs is 3. The fourth-order valence-corrected chi connectivity index (χ4v) is 4.55. The topological polar surface area (TPSA) is 18.5 Å². The van der Waals surface area contributed by atoms with Crippen LogP contribution in [-0.4, -0.2) is 19.8 Å². The lowest BCUT2D eigenvalue weighted by molar-refractivity contribution is 0.137. The third kappa shape index (κ3) is 4.17. The van der Waals surface area contributed by atoms with E-state index < -0.39 is 0 Å². The highest BCUT2D eigenvalue weighted by Crippen LogP contribution is 2.53. The number of aryl methyl sites for hydroxylation is 1. The van der Waals surface area contributed by atoms with Crippen molar-refractivity contribution in [1.29, 1.82) is 0 Å². The minimum absolute atomic E-state index is 0.0476. The summed E-state index contributed by atoms with van der Waals surface area (Å²) >= 11 is 0. The molecule has 1 aliphatic rings. The molecule has 1 unspecified atom stereocenters. The van der Waals surface area contributed by atoms with Crippen molar-refractivity contribution in [3.05, 3.63) is 71.5 Å². The summed E-state index contributed by atoms with van der Waals surface area (Å²) in [6.45, 7) is 12.7. The van der Waals surface area contributed by atoms with Crippen LogP contribution < -0.4 is 0 Å². The molecule has 0 aromatic heterocycles. The van der Waals surface area contributed by atoms with Gasteiger partial charge in [-0.1, -0.05) is 61.5 Å². The maximum atomic E-state index is 5.82. The van der Waals surface area contributed by atoms with E-state index in [0.29, 0.717) is 0 Å². The number of allylic oxidation sites excluding steroid dienone is 1. The van der Waals surface area contributed by atoms with Gasteiger partial charge in [0, 0.05) is 25.0 Å². The molecule has 0 saturated heterocycles. The average molecular weight is 379 g/mol. The van der Waals surface area contributed by atoms with Gasteiger partial charge in [-0.3, -0.25) is 0 Å². The molecule has 3 rings (SSSR count). The normalized spacial score (nSPS) is 17.2. The van der Waals surface area contributed by atoms with Gasteiger partial charge in [-0.25, -0.2) is 0 Å². The molecule has 2 aromatic rings. The minimum Gasteiger partial charge on any atom is -0.499 e. The zero-order chi connectivity index (χ0) is 20.0. The smallest absolute Gasteiger partial charge is 0.0885 e. The standard InChI is InChI=1S/C26H34O2/c1-5-21(4)28-18-10-16-26(15-9-17-27-6-2)24-12-8-7-11-22(24)23-14-13-20(3)19-25(23)26/h7-8,11-14,19H,4-6,9-10,15-18H2,1-3H3. The second-order valence-corrected chi connectivity index (χ2v) is 7.82. The predicted molar refractivity (Wildman–Crippen MR) is 118 cm³/mol. The molecule has 0 saturated carbocycles. The second-order valence-electron chi connectivity index (χ2n) is 7.82. The average Bonchev–Trinajstić information content (AvgIpc) is 2.98. The molecule has 0 heterocycles. The van der Waals surface area contributed by atoms with Gasteiger partial charge < -0.3 is 9.47 Å². The van der Waals surface area contributed by atoms with Crippen molar-refractivity contribution in [1.82, 2.24) is 0 Å². The highest BCUT2D eigenvalue weighted by atomic mass is 16.5. The van der Waals surface area contributed by atoms with Crippen molar-refractivity contribution >= 4 is 0 Å². The van der Waals surface area contributed by atoms with E-state index in [2.05, 4.69) is 69.8 Å². The molecular formula is C26H34O2. The molecule has 1 aliphatic carbocycles. The first-order valence-corrected chi connectivity index (χ1v) is 10.7. The maximum Gasteiger partial charge on any atom is 0.0885 e. The van der Waals surface area contributed by atoms with Gasteiger partial charge in [0.25, 0.3) is 0 Å². The fourth-order valence-electron chi connectivity index (χ4n) is 4.55. The molecule has 150 valence electrons. The van der Waals surface area contributed by atoms with Gasteiger partial charge in [0.15, 0.2) is 0 Å². The van der Waals surface area contributed by atoms with Gasteiger partial charge in [0.05, 0.1) is 12.4 Å². The summed E-state index contributed by atoms with van der Waals surface area (Å²) in [6, 6.07) is 15.9. The van der Waals surface area contributed by atoms with Gasteiger partial charge in [-0.2, -0.15) is 0 Å². The molecule has 2 nitrogen and oxygen atoms in total. The molecule has 0 fully saturated rings. The van der Waals surface area contributed by atoms with E-state index in [9.17, 15) is 0 Å². The molecule has 0 spiro atoms. The highest BCUT2D eigenvalue weighted by molar-refractivity contribution is 5.81. The number of ether oxygens (including phenoxy) is 2. The van der Waals surface area contributed by atoms with E-state index in [0.717, 1.165) is 57.7 Å². The van der Waals surface area contributed by atoms with Gasteiger partial charge in [-0.15, -0.1) is 0 Å². The summed E-state index contributed by atoms with van der Waals surface area (Å²) in [6.07, 6.45) is 5.16. The lowest BCUT2D eigenvalue weighted by atomic mass is 9.71. The fraction of sp³-hybridized carbons (Fsp3) is 0.462. The first-order chi connectivity index (χ1) is 13.6. The van der Waals surface area contributed by atoms with Crippen LogP contribution in [0.25, 0.3) is 11.1 Å². The van der Waals surface area contributed by atoms with Crippen LogP contribution in [-0.2, 0) is 14.9 Å². The lowest BCUT2D eigenvalue weighted by Gasteiger charge is -2.33. The third-order valence-corrected chi connectivity index (χ3v) is 5.97. The Morgan fingerprint density at radius 1 is 0.929 bits per heavy atom. The van der Waals surface area contributed by atoms with Crippen molar-refractivity contribution < 1.29 is 9.47 Å². The summed E-state index contributed by atoms with van der Waals surface area (Å²) in [4.78, 5) is 0. The van der Waals surface area contributed by atoms with Crippen LogP contribution in [0.15, 0.2) is 54.8 Å². The maximum absolute atomic E-state index is 5.82. The number of hydrogen-bond acceptors (Lipinski definition) is 2. The van der Waals surface area contributed by atoms with Crippen molar-refractivity contribution in [3.8, 4) is 11.1 Å². The van der Waals surface area contributed by atoms with Crippen LogP contribution in [0, 0.1) is 6.92 Å². The van der Waals surface area contributed by atoms with E-state index in [1.807, 2.05) is 0 Å². The van der Waals surface area contributed by atoms with Crippen LogP contribution >= 0.6 is 0 Å². The van der Waals surface area contributed by atoms with Crippen LogP contribution in [0.2, 0.25) is 0 Å². The van der Waals surface area contributed by atoms with E-state index in [4.69, 9.17) is 9.47 Å². The minimum atomic E-state index is 0.0476. The van der Waals surface area contributed by atoms with Crippen molar-refractivity contribution in [2.45, 2.75) is 58.3 Å². The van der Waals surface area contributed by atoms with Gasteiger partial charge in [-0.05, 0) is 61.8 Å². The van der Waals surface area contributed by atoms with Crippen molar-refractivity contribution in [2.24, 2.45) is 0 Å². The first-order valence-electron chi connectivity index (χ1n) is 10.7. The quantitative estimate of drug-likeness (QED) is 0.316. The van der Waals surface area contributed by atoms with Crippen LogP contribution in [0.1, 0.15) is 62.6 Å². The Kier molecular flexibility index (Phi) is 6.96. The molecule has 0 amide bonds. The Balaban J connectivity index is 1.92. The summed E-state index contributed by atoms with van der Waals surface area (Å²) in [7, 11) is 0. The molecule has 28 heavy (non-hydrogen) atoms. The molecule has 2 heteroatoms. The SMILES string of the molecule is C=C(CC)OCCCC1(CCCOCC)c2ccccc2-c2ccc(C)cc21. The molecular weight excluding hydrogens is 344 g/mol. The Morgan fingerprint density at radius 2 is 1.64 bits per heavy atom. The van der Waals surface area contributed by atoms with E-state index in [-0.39, 0.29) is 5.41 Å². The monoisotopic (exact) mass is 378 g/mol. The molecule has 0 N–H and O–H groups in total. The van der Waals surface area contributed by atoms with Gasteiger partial charge in [0.1, 0.15) is 0 Å². The summed E-state index contributed by atoms with van der Waals surface area (Å²) < 4.78 is 11.5. The Labute approximate surface area is 170 Å². The predicted octanol–water partition coefficient (Wildman–Crippen LogP) is 6.80. The zero-order valence-electron chi connectivity index (χ0n) is 17.7. The summed E-state index contributed by atoms with van der Waals surface area (Å²) in [5, 5.41) is 0. The van der Waals surface area contributed by atoms with E-state index in [1.165, 1.54) is 27.8 Å². The van der Waals surface area contributed by atoms with E-state index >= 15 is 0 Å². The van der Waals surface area contributed by atoms with Crippen molar-refractivity contribution in [3.63, 3.8) is 0 Å². The Bertz CT molecular complexity index is 808. The van der Waals surface area contributed by atoms with E-state index in [1.54, 1.807) is 0 Å². The van der Waals surface area contributed by atoms with Gasteiger partial charge >= 0.3 is 0 Å². The Morgan fingerprint density at radius 3 is 2.39 bits per heavy atom. The largest absolute Gasteiger partial charge is 0.499 e. The molecule has 1 atom stereocenters. The summed E-state index contributed by atoms with van der Waals surface area (Å²) in [5.41, 5.74) is 7.13. The first kappa shape index (κ1) is 20.7. The molecule has 2 aromatic carbocycles. The second kappa shape index (κ2) is 9.43. The van der Waals surface area contributed by atoms with Crippen LogP contribution in [0.3, 0.4) is 0 Å². The van der Waals surface area contributed by atoms with Crippen LogP contribution in [0.5, 0.6) is 0 Å². The Hall–Kier alpha value is -2.06. The van der Waals surface area contributed by atoms with Crippen molar-refractivity contribution in [2.75, 3.05) is 19.8 Å². The third-order valence-electron chi connectivity index (χ3n) is 5.97. The molecule has 0 aliphatic heterocycles. The van der Waals surface area contributed by atoms with Gasteiger partial charge in [0.2, 0.25) is 0 Å². The number of hydrogen-bond donors (Lipinski definition) is 0. The molecule has 0 bridgehead atoms. The lowest BCUT2D eigenvalue weighted by Crippen LogP contribution is -2.26. The zero-order valence-corrected chi connectivity index (χ0v) is 17.7. The van der Waals surface area contributed by atoms with Crippen LogP contribution in [0.4, 0.5) is 0 Å². The summed E-state index contributed by atoms with van der Waals surface area (Å²) in [5.74, 6) is 0.883.